The van der Waals surface area contributed by atoms with E-state index < -0.39 is 11.9 Å². The standard InChI is InChI=1S/C19H19NO5/c1-12-4-6-13(7-5-12)18(21)20-16(19(22)23)10-14-8-9-15(24-2)11-17(14)25-3/h4-11H,1-3H3,(H,20,21)(H,22,23)/b16-10+. The average Bonchev–Trinajstić information content (AvgIpc) is 2.61. The van der Waals surface area contributed by atoms with Gasteiger partial charge in [0.05, 0.1) is 14.2 Å². The van der Waals surface area contributed by atoms with Crippen molar-refractivity contribution in [1.29, 1.82) is 0 Å². The number of amides is 1. The molecule has 0 atom stereocenters. The lowest BCUT2D eigenvalue weighted by Gasteiger charge is -2.10. The summed E-state index contributed by atoms with van der Waals surface area (Å²) in [6.45, 7) is 1.90. The molecule has 0 radical (unpaired) electrons. The molecule has 0 spiro atoms. The van der Waals surface area contributed by atoms with Gasteiger partial charge >= 0.3 is 5.97 Å². The van der Waals surface area contributed by atoms with Crippen molar-refractivity contribution in [1.82, 2.24) is 5.32 Å². The normalized spacial score (nSPS) is 10.9. The maximum Gasteiger partial charge on any atom is 0.352 e. The van der Waals surface area contributed by atoms with Crippen LogP contribution in [-0.4, -0.2) is 31.2 Å². The molecule has 0 unspecified atom stereocenters. The second kappa shape index (κ2) is 8.01. The molecular formula is C19H19NO5. The van der Waals surface area contributed by atoms with E-state index in [9.17, 15) is 14.7 Å². The zero-order valence-electron chi connectivity index (χ0n) is 14.2. The fourth-order valence-electron chi connectivity index (χ4n) is 2.14. The monoisotopic (exact) mass is 341 g/mol. The van der Waals surface area contributed by atoms with E-state index in [4.69, 9.17) is 9.47 Å². The number of aliphatic carboxylic acids is 1. The Morgan fingerprint density at radius 3 is 2.28 bits per heavy atom. The van der Waals surface area contributed by atoms with Crippen molar-refractivity contribution in [2.24, 2.45) is 0 Å². The number of methoxy groups -OCH3 is 2. The number of carbonyl (C=O) groups is 2. The van der Waals surface area contributed by atoms with Gasteiger partial charge in [0, 0.05) is 17.2 Å². The Morgan fingerprint density at radius 2 is 1.72 bits per heavy atom. The summed E-state index contributed by atoms with van der Waals surface area (Å²) in [6, 6.07) is 11.8. The van der Waals surface area contributed by atoms with Gasteiger partial charge in [-0.1, -0.05) is 17.7 Å². The van der Waals surface area contributed by atoms with Gasteiger partial charge in [-0.3, -0.25) is 4.79 Å². The molecule has 25 heavy (non-hydrogen) atoms. The second-order valence-corrected chi connectivity index (χ2v) is 5.29. The van der Waals surface area contributed by atoms with Crippen LogP contribution < -0.4 is 14.8 Å². The van der Waals surface area contributed by atoms with Crippen LogP contribution in [0.15, 0.2) is 48.2 Å². The van der Waals surface area contributed by atoms with E-state index >= 15 is 0 Å². The van der Waals surface area contributed by atoms with Gasteiger partial charge in [-0.2, -0.15) is 0 Å². The van der Waals surface area contributed by atoms with Gasteiger partial charge in [0.2, 0.25) is 0 Å². The molecule has 6 nitrogen and oxygen atoms in total. The van der Waals surface area contributed by atoms with Crippen molar-refractivity contribution < 1.29 is 24.2 Å². The van der Waals surface area contributed by atoms with Crippen molar-refractivity contribution >= 4 is 18.0 Å². The number of benzene rings is 2. The molecule has 0 aliphatic rings. The van der Waals surface area contributed by atoms with Crippen LogP contribution in [0.3, 0.4) is 0 Å². The van der Waals surface area contributed by atoms with Crippen molar-refractivity contribution in [2.75, 3.05) is 14.2 Å². The van der Waals surface area contributed by atoms with Crippen LogP contribution in [0, 0.1) is 6.92 Å². The van der Waals surface area contributed by atoms with Crippen molar-refractivity contribution in [3.8, 4) is 11.5 Å². The number of nitrogens with one attached hydrogen (secondary N) is 1. The molecule has 2 rings (SSSR count). The Morgan fingerprint density at radius 1 is 1.04 bits per heavy atom. The fraction of sp³-hybridized carbons (Fsp3) is 0.158. The van der Waals surface area contributed by atoms with Crippen LogP contribution in [0.1, 0.15) is 21.5 Å². The summed E-state index contributed by atoms with van der Waals surface area (Å²) in [5.41, 5.74) is 1.63. The molecule has 0 heterocycles. The van der Waals surface area contributed by atoms with Gasteiger partial charge < -0.3 is 19.9 Å². The first-order valence-corrected chi connectivity index (χ1v) is 7.49. The maximum absolute atomic E-state index is 12.2. The van der Waals surface area contributed by atoms with E-state index in [1.54, 1.807) is 42.5 Å². The lowest BCUT2D eigenvalue weighted by molar-refractivity contribution is -0.132. The first kappa shape index (κ1) is 18.1. The molecule has 1 amide bonds. The molecule has 2 aromatic rings. The van der Waals surface area contributed by atoms with Crippen molar-refractivity contribution in [3.05, 3.63) is 64.9 Å². The molecule has 6 heteroatoms. The minimum atomic E-state index is -1.25. The van der Waals surface area contributed by atoms with Gasteiger partial charge in [0.1, 0.15) is 17.2 Å². The molecule has 0 aromatic heterocycles. The largest absolute Gasteiger partial charge is 0.497 e. The highest BCUT2D eigenvalue weighted by atomic mass is 16.5. The summed E-state index contributed by atoms with van der Waals surface area (Å²) in [4.78, 5) is 23.7. The smallest absolute Gasteiger partial charge is 0.352 e. The summed E-state index contributed by atoms with van der Waals surface area (Å²) in [7, 11) is 2.99. The van der Waals surface area contributed by atoms with Crippen LogP contribution in [-0.2, 0) is 4.79 Å². The SMILES string of the molecule is COc1ccc(/C=C(/NC(=O)c2ccc(C)cc2)C(=O)O)c(OC)c1. The Kier molecular flexibility index (Phi) is 5.79. The first-order chi connectivity index (χ1) is 11.9. The van der Waals surface area contributed by atoms with Crippen LogP contribution in [0.25, 0.3) is 6.08 Å². The zero-order valence-corrected chi connectivity index (χ0v) is 14.2. The topological polar surface area (TPSA) is 84.9 Å². The predicted octanol–water partition coefficient (Wildman–Crippen LogP) is 2.87. The number of rotatable bonds is 6. The molecule has 0 aliphatic heterocycles. The number of ether oxygens (including phenoxy) is 2. The fourth-order valence-corrected chi connectivity index (χ4v) is 2.14. The Hall–Kier alpha value is -3.28. The summed E-state index contributed by atoms with van der Waals surface area (Å²) in [5, 5.41) is 11.8. The summed E-state index contributed by atoms with van der Waals surface area (Å²) in [6.07, 6.45) is 1.34. The third-order valence-electron chi connectivity index (χ3n) is 3.53. The third kappa shape index (κ3) is 4.60. The molecule has 0 saturated carbocycles. The van der Waals surface area contributed by atoms with E-state index in [2.05, 4.69) is 5.32 Å². The Balaban J connectivity index is 2.31. The molecular weight excluding hydrogens is 322 g/mol. The molecule has 0 aliphatic carbocycles. The zero-order chi connectivity index (χ0) is 18.4. The molecule has 2 N–H and O–H groups in total. The summed E-state index contributed by atoms with van der Waals surface area (Å²) >= 11 is 0. The number of hydrogen-bond donors (Lipinski definition) is 2. The lowest BCUT2D eigenvalue weighted by atomic mass is 10.1. The van der Waals surface area contributed by atoms with E-state index in [-0.39, 0.29) is 5.70 Å². The van der Waals surface area contributed by atoms with E-state index in [0.29, 0.717) is 22.6 Å². The number of aryl methyl sites for hydroxylation is 1. The first-order valence-electron chi connectivity index (χ1n) is 7.49. The van der Waals surface area contributed by atoms with Crippen LogP contribution in [0.5, 0.6) is 11.5 Å². The van der Waals surface area contributed by atoms with Crippen LogP contribution in [0.4, 0.5) is 0 Å². The maximum atomic E-state index is 12.2. The quantitative estimate of drug-likeness (QED) is 0.789. The summed E-state index contributed by atoms with van der Waals surface area (Å²) in [5.74, 6) is -0.739. The molecule has 2 aromatic carbocycles. The van der Waals surface area contributed by atoms with E-state index in [1.807, 2.05) is 6.92 Å². The van der Waals surface area contributed by atoms with Gasteiger partial charge in [-0.05, 0) is 37.3 Å². The van der Waals surface area contributed by atoms with Gasteiger partial charge in [0.15, 0.2) is 0 Å². The van der Waals surface area contributed by atoms with Crippen LogP contribution >= 0.6 is 0 Å². The number of hydrogen-bond acceptors (Lipinski definition) is 4. The lowest BCUT2D eigenvalue weighted by Crippen LogP contribution is -2.27. The van der Waals surface area contributed by atoms with Crippen LogP contribution in [0.2, 0.25) is 0 Å². The predicted molar refractivity (Wildman–Crippen MR) is 93.8 cm³/mol. The molecule has 130 valence electrons. The second-order valence-electron chi connectivity index (χ2n) is 5.29. The average molecular weight is 341 g/mol. The Labute approximate surface area is 145 Å². The van der Waals surface area contributed by atoms with Crippen molar-refractivity contribution in [3.63, 3.8) is 0 Å². The molecule has 0 bridgehead atoms. The molecule has 0 fully saturated rings. The number of carboxylic acids is 1. The molecule has 0 saturated heterocycles. The Bertz CT molecular complexity index is 809. The highest BCUT2D eigenvalue weighted by molar-refractivity contribution is 6.02. The van der Waals surface area contributed by atoms with Gasteiger partial charge in [-0.15, -0.1) is 0 Å². The highest BCUT2D eigenvalue weighted by Crippen LogP contribution is 2.26. The van der Waals surface area contributed by atoms with Gasteiger partial charge in [0.25, 0.3) is 5.91 Å². The van der Waals surface area contributed by atoms with E-state index in [0.717, 1.165) is 5.56 Å². The number of carboxylic acid groups (broad SMARTS) is 1. The minimum absolute atomic E-state index is 0.256. The van der Waals surface area contributed by atoms with E-state index in [1.165, 1.54) is 20.3 Å². The third-order valence-corrected chi connectivity index (χ3v) is 3.53. The van der Waals surface area contributed by atoms with Crippen molar-refractivity contribution in [2.45, 2.75) is 6.92 Å². The van der Waals surface area contributed by atoms with Gasteiger partial charge in [-0.25, -0.2) is 4.79 Å². The highest BCUT2D eigenvalue weighted by Gasteiger charge is 2.14. The number of carbonyl (C=O) groups excluding carboxylic acids is 1. The summed E-state index contributed by atoms with van der Waals surface area (Å²) < 4.78 is 10.4. The minimum Gasteiger partial charge on any atom is -0.497 e.